The second-order valence-electron chi connectivity index (χ2n) is 4.64. The summed E-state index contributed by atoms with van der Waals surface area (Å²) in [6.07, 6.45) is 0. The van der Waals surface area contributed by atoms with Gasteiger partial charge >= 0.3 is 0 Å². The molecular formula is C16H19ClN2. The Kier molecular flexibility index (Phi) is 4.97. The maximum Gasteiger partial charge on any atom is 0.0449 e. The van der Waals surface area contributed by atoms with Crippen LogP contribution in [0.5, 0.6) is 0 Å². The molecule has 0 aliphatic carbocycles. The van der Waals surface area contributed by atoms with E-state index in [1.54, 1.807) is 0 Å². The van der Waals surface area contributed by atoms with Crippen LogP contribution >= 0.6 is 11.6 Å². The summed E-state index contributed by atoms with van der Waals surface area (Å²) in [5.41, 5.74) is 8.29. The van der Waals surface area contributed by atoms with Gasteiger partial charge in [-0.05, 0) is 30.2 Å². The van der Waals surface area contributed by atoms with Gasteiger partial charge in [0.05, 0.1) is 0 Å². The van der Waals surface area contributed by atoms with Crippen molar-refractivity contribution in [3.8, 4) is 0 Å². The molecule has 0 bridgehead atoms. The summed E-state index contributed by atoms with van der Waals surface area (Å²) < 4.78 is 0. The molecule has 0 saturated heterocycles. The number of rotatable bonds is 5. The summed E-state index contributed by atoms with van der Waals surface area (Å²) in [7, 11) is 0. The Morgan fingerprint density at radius 1 is 1.00 bits per heavy atom. The van der Waals surface area contributed by atoms with Gasteiger partial charge in [-0.15, -0.1) is 0 Å². The van der Waals surface area contributed by atoms with Crippen LogP contribution in [0.2, 0.25) is 5.02 Å². The van der Waals surface area contributed by atoms with E-state index in [1.165, 1.54) is 5.56 Å². The highest BCUT2D eigenvalue weighted by atomic mass is 35.5. The van der Waals surface area contributed by atoms with E-state index in [2.05, 4.69) is 24.4 Å². The molecular weight excluding hydrogens is 256 g/mol. The van der Waals surface area contributed by atoms with Gasteiger partial charge < -0.3 is 11.1 Å². The summed E-state index contributed by atoms with van der Waals surface area (Å²) in [6, 6.07) is 18.6. The van der Waals surface area contributed by atoms with Gasteiger partial charge in [-0.2, -0.15) is 0 Å². The van der Waals surface area contributed by atoms with Gasteiger partial charge in [-0.25, -0.2) is 0 Å². The minimum absolute atomic E-state index is 0.132. The van der Waals surface area contributed by atoms with Gasteiger partial charge in [0.2, 0.25) is 0 Å². The lowest BCUT2D eigenvalue weighted by Crippen LogP contribution is -2.30. The fourth-order valence-electron chi connectivity index (χ4n) is 2.14. The van der Waals surface area contributed by atoms with E-state index in [-0.39, 0.29) is 12.1 Å². The summed E-state index contributed by atoms with van der Waals surface area (Å²) in [6.45, 7) is 2.70. The third-order valence-corrected chi connectivity index (χ3v) is 3.51. The molecule has 0 heterocycles. The number of halogens is 1. The first-order valence-electron chi connectivity index (χ1n) is 6.47. The van der Waals surface area contributed by atoms with Gasteiger partial charge in [-0.3, -0.25) is 0 Å². The van der Waals surface area contributed by atoms with Crippen LogP contribution in [-0.4, -0.2) is 6.54 Å². The molecule has 3 heteroatoms. The Hall–Kier alpha value is -1.35. The molecule has 2 nitrogen and oxygen atoms in total. The highest BCUT2D eigenvalue weighted by Gasteiger charge is 2.13. The SMILES string of the molecule is CC(NC(CN)c1ccc(Cl)cc1)c1ccccc1. The highest BCUT2D eigenvalue weighted by molar-refractivity contribution is 6.30. The molecule has 2 aromatic carbocycles. The molecule has 0 aromatic heterocycles. The zero-order chi connectivity index (χ0) is 13.7. The quantitative estimate of drug-likeness (QED) is 0.873. The van der Waals surface area contributed by atoms with Crippen LogP contribution in [0.4, 0.5) is 0 Å². The lowest BCUT2D eigenvalue weighted by Gasteiger charge is -2.23. The molecule has 0 aliphatic rings. The van der Waals surface area contributed by atoms with Crippen LogP contribution in [0.1, 0.15) is 30.1 Å². The van der Waals surface area contributed by atoms with Crippen LogP contribution in [0.25, 0.3) is 0 Å². The van der Waals surface area contributed by atoms with Crippen LogP contribution < -0.4 is 11.1 Å². The molecule has 0 amide bonds. The summed E-state index contributed by atoms with van der Waals surface area (Å²) in [5, 5.41) is 4.30. The van der Waals surface area contributed by atoms with Crippen molar-refractivity contribution in [2.75, 3.05) is 6.54 Å². The van der Waals surface area contributed by atoms with E-state index in [4.69, 9.17) is 17.3 Å². The van der Waals surface area contributed by atoms with E-state index in [9.17, 15) is 0 Å². The number of benzene rings is 2. The number of nitrogens with one attached hydrogen (secondary N) is 1. The first kappa shape index (κ1) is 14.1. The first-order valence-corrected chi connectivity index (χ1v) is 6.85. The van der Waals surface area contributed by atoms with E-state index in [0.717, 1.165) is 10.6 Å². The summed E-state index contributed by atoms with van der Waals surface area (Å²) >= 11 is 5.91. The smallest absolute Gasteiger partial charge is 0.0449 e. The Labute approximate surface area is 119 Å². The predicted molar refractivity (Wildman–Crippen MR) is 81.2 cm³/mol. The average molecular weight is 275 g/mol. The van der Waals surface area contributed by atoms with Crippen molar-refractivity contribution in [3.05, 3.63) is 70.7 Å². The van der Waals surface area contributed by atoms with Crippen LogP contribution in [0, 0.1) is 0 Å². The fraction of sp³-hybridized carbons (Fsp3) is 0.250. The molecule has 0 fully saturated rings. The van der Waals surface area contributed by atoms with Gasteiger partial charge in [0.1, 0.15) is 0 Å². The van der Waals surface area contributed by atoms with Crippen molar-refractivity contribution in [3.63, 3.8) is 0 Å². The van der Waals surface area contributed by atoms with Crippen molar-refractivity contribution < 1.29 is 0 Å². The van der Waals surface area contributed by atoms with Crippen molar-refractivity contribution in [2.45, 2.75) is 19.0 Å². The molecule has 100 valence electrons. The third kappa shape index (κ3) is 3.80. The molecule has 2 atom stereocenters. The lowest BCUT2D eigenvalue weighted by molar-refractivity contribution is 0.473. The zero-order valence-corrected chi connectivity index (χ0v) is 11.8. The van der Waals surface area contributed by atoms with Gasteiger partial charge in [0.25, 0.3) is 0 Å². The maximum absolute atomic E-state index is 5.91. The topological polar surface area (TPSA) is 38.0 Å². The molecule has 0 aliphatic heterocycles. The summed E-state index contributed by atoms with van der Waals surface area (Å²) in [4.78, 5) is 0. The Bertz CT molecular complexity index is 496. The molecule has 19 heavy (non-hydrogen) atoms. The van der Waals surface area contributed by atoms with Crippen molar-refractivity contribution in [2.24, 2.45) is 5.73 Å². The molecule has 2 aromatic rings. The van der Waals surface area contributed by atoms with E-state index in [1.807, 2.05) is 42.5 Å². The Balaban J connectivity index is 2.09. The Morgan fingerprint density at radius 3 is 2.21 bits per heavy atom. The van der Waals surface area contributed by atoms with Gasteiger partial charge in [0, 0.05) is 23.7 Å². The molecule has 0 saturated carbocycles. The standard InChI is InChI=1S/C16H19ClN2/c1-12(13-5-3-2-4-6-13)19-16(11-18)14-7-9-15(17)10-8-14/h2-10,12,16,19H,11,18H2,1H3. The molecule has 2 unspecified atom stereocenters. The normalized spacial score (nSPS) is 14.1. The largest absolute Gasteiger partial charge is 0.329 e. The van der Waals surface area contributed by atoms with Crippen molar-refractivity contribution in [1.29, 1.82) is 0 Å². The number of hydrogen-bond donors (Lipinski definition) is 2. The fourth-order valence-corrected chi connectivity index (χ4v) is 2.26. The van der Waals surface area contributed by atoms with Crippen molar-refractivity contribution >= 4 is 11.6 Å². The first-order chi connectivity index (χ1) is 9.20. The minimum atomic E-state index is 0.132. The van der Waals surface area contributed by atoms with Gasteiger partial charge in [-0.1, -0.05) is 54.1 Å². The zero-order valence-electron chi connectivity index (χ0n) is 11.0. The van der Waals surface area contributed by atoms with Crippen molar-refractivity contribution in [1.82, 2.24) is 5.32 Å². The number of hydrogen-bond acceptors (Lipinski definition) is 2. The van der Waals surface area contributed by atoms with Gasteiger partial charge in [0.15, 0.2) is 0 Å². The van der Waals surface area contributed by atoms with E-state index < -0.39 is 0 Å². The minimum Gasteiger partial charge on any atom is -0.329 e. The lowest BCUT2D eigenvalue weighted by atomic mass is 10.0. The second kappa shape index (κ2) is 6.71. The molecule has 0 radical (unpaired) electrons. The van der Waals surface area contributed by atoms with Crippen LogP contribution in [0.3, 0.4) is 0 Å². The monoisotopic (exact) mass is 274 g/mol. The summed E-state index contributed by atoms with van der Waals surface area (Å²) in [5.74, 6) is 0. The predicted octanol–water partition coefficient (Wildman–Crippen LogP) is 3.69. The third-order valence-electron chi connectivity index (χ3n) is 3.26. The second-order valence-corrected chi connectivity index (χ2v) is 5.08. The molecule has 0 spiro atoms. The average Bonchev–Trinajstić information content (AvgIpc) is 2.46. The Morgan fingerprint density at radius 2 is 1.63 bits per heavy atom. The van der Waals surface area contributed by atoms with E-state index in [0.29, 0.717) is 6.54 Å². The van der Waals surface area contributed by atoms with Crippen LogP contribution in [0.15, 0.2) is 54.6 Å². The van der Waals surface area contributed by atoms with E-state index >= 15 is 0 Å². The maximum atomic E-state index is 5.91. The van der Waals surface area contributed by atoms with Crippen LogP contribution in [-0.2, 0) is 0 Å². The highest BCUT2D eigenvalue weighted by Crippen LogP contribution is 2.20. The molecule has 3 N–H and O–H groups in total. The molecule has 2 rings (SSSR count). The number of nitrogens with two attached hydrogens (primary N) is 1.